The highest BCUT2D eigenvalue weighted by Gasteiger charge is 1.97. The summed E-state index contributed by atoms with van der Waals surface area (Å²) in [6, 6.07) is 9.96. The van der Waals surface area contributed by atoms with E-state index >= 15 is 0 Å². The molecule has 0 aromatic heterocycles. The Kier molecular flexibility index (Phi) is 6.28. The minimum atomic E-state index is 0.759. The van der Waals surface area contributed by atoms with Crippen molar-refractivity contribution < 1.29 is 4.74 Å². The van der Waals surface area contributed by atoms with E-state index in [1.807, 2.05) is 42.1 Å². The molecule has 0 atom stereocenters. The zero-order chi connectivity index (χ0) is 10.9. The fourth-order valence-electron chi connectivity index (χ4n) is 1.19. The molecule has 0 aliphatic heterocycles. The van der Waals surface area contributed by atoms with Crippen molar-refractivity contribution >= 4 is 11.8 Å². The van der Waals surface area contributed by atoms with Crippen LogP contribution in [0.4, 0.5) is 0 Å². The second-order valence-corrected chi connectivity index (χ2v) is 4.44. The molecule has 0 N–H and O–H groups in total. The number of nitrogens with zero attached hydrogens (tertiary/aromatic N) is 1. The van der Waals surface area contributed by atoms with E-state index < -0.39 is 0 Å². The number of para-hydroxylation sites is 1. The number of thioether (sulfide) groups is 1. The average molecular weight is 225 g/mol. The lowest BCUT2D eigenvalue weighted by molar-refractivity contribution is 0.245. The highest BCUT2D eigenvalue weighted by molar-refractivity contribution is 7.98. The first-order valence-electron chi connectivity index (χ1n) is 5.18. The van der Waals surface area contributed by atoms with Crippen LogP contribution in [0.5, 0.6) is 5.75 Å². The van der Waals surface area contributed by atoms with Gasteiger partial charge in [-0.3, -0.25) is 0 Å². The average Bonchev–Trinajstić information content (AvgIpc) is 2.28. The number of ether oxygens (including phenoxy) is 1. The maximum atomic E-state index is 5.61. The Labute approximate surface area is 96.6 Å². The maximum absolute atomic E-state index is 5.61. The Morgan fingerprint density at radius 1 is 1.20 bits per heavy atom. The summed E-state index contributed by atoms with van der Waals surface area (Å²) in [5.41, 5.74) is 0. The van der Waals surface area contributed by atoms with Crippen molar-refractivity contribution in [2.24, 2.45) is 0 Å². The minimum absolute atomic E-state index is 0.759. The summed E-state index contributed by atoms with van der Waals surface area (Å²) in [7, 11) is 2.13. The zero-order valence-corrected chi connectivity index (χ0v) is 10.3. The van der Waals surface area contributed by atoms with Crippen LogP contribution >= 0.6 is 11.8 Å². The molecule has 0 amide bonds. The maximum Gasteiger partial charge on any atom is 0.119 e. The first-order chi connectivity index (χ1) is 7.33. The fourth-order valence-corrected chi connectivity index (χ4v) is 1.69. The van der Waals surface area contributed by atoms with Crippen LogP contribution in [-0.4, -0.2) is 43.7 Å². The van der Waals surface area contributed by atoms with Crippen LogP contribution in [0.2, 0.25) is 0 Å². The van der Waals surface area contributed by atoms with Crippen LogP contribution in [-0.2, 0) is 0 Å². The van der Waals surface area contributed by atoms with E-state index in [-0.39, 0.29) is 0 Å². The third-order valence-corrected chi connectivity index (χ3v) is 2.75. The molecule has 0 radical (unpaired) electrons. The van der Waals surface area contributed by atoms with Crippen LogP contribution in [0, 0.1) is 0 Å². The van der Waals surface area contributed by atoms with Crippen molar-refractivity contribution in [3.8, 4) is 5.75 Å². The predicted molar refractivity (Wildman–Crippen MR) is 67.8 cm³/mol. The normalized spacial score (nSPS) is 10.6. The minimum Gasteiger partial charge on any atom is -0.492 e. The Hall–Kier alpha value is -0.670. The van der Waals surface area contributed by atoms with Gasteiger partial charge in [-0.2, -0.15) is 11.8 Å². The van der Waals surface area contributed by atoms with E-state index in [0.717, 1.165) is 25.4 Å². The van der Waals surface area contributed by atoms with Gasteiger partial charge in [-0.25, -0.2) is 0 Å². The molecule has 0 saturated heterocycles. The van der Waals surface area contributed by atoms with E-state index in [1.165, 1.54) is 5.75 Å². The van der Waals surface area contributed by atoms with E-state index in [9.17, 15) is 0 Å². The Morgan fingerprint density at radius 2 is 1.93 bits per heavy atom. The summed E-state index contributed by atoms with van der Waals surface area (Å²) in [6.07, 6.45) is 2.13. The molecule has 0 bridgehead atoms. The molecule has 0 aliphatic carbocycles. The molecule has 1 rings (SSSR count). The van der Waals surface area contributed by atoms with Crippen LogP contribution in [0.1, 0.15) is 0 Å². The van der Waals surface area contributed by atoms with Gasteiger partial charge in [0, 0.05) is 18.8 Å². The summed E-state index contributed by atoms with van der Waals surface area (Å²) < 4.78 is 5.61. The number of hydrogen-bond donors (Lipinski definition) is 0. The SMILES string of the molecule is CSCCN(C)CCOc1ccccc1. The number of rotatable bonds is 7. The Morgan fingerprint density at radius 3 is 2.60 bits per heavy atom. The molecule has 1 aromatic carbocycles. The van der Waals surface area contributed by atoms with Gasteiger partial charge in [0.15, 0.2) is 0 Å². The van der Waals surface area contributed by atoms with Crippen molar-refractivity contribution in [1.82, 2.24) is 4.90 Å². The Bertz CT molecular complexity index is 253. The summed E-state index contributed by atoms with van der Waals surface area (Å²) >= 11 is 1.88. The molecule has 0 fully saturated rings. The van der Waals surface area contributed by atoms with Crippen LogP contribution in [0.3, 0.4) is 0 Å². The van der Waals surface area contributed by atoms with E-state index in [1.54, 1.807) is 0 Å². The lowest BCUT2D eigenvalue weighted by atomic mass is 10.3. The number of likely N-dealkylation sites (N-methyl/N-ethyl adjacent to an activating group) is 1. The molecule has 0 spiro atoms. The standard InChI is InChI=1S/C12H19NOS/c1-13(9-11-15-2)8-10-14-12-6-4-3-5-7-12/h3-7H,8-11H2,1-2H3. The molecule has 84 valence electrons. The first-order valence-corrected chi connectivity index (χ1v) is 6.57. The van der Waals surface area contributed by atoms with Gasteiger partial charge in [0.25, 0.3) is 0 Å². The molecule has 0 unspecified atom stereocenters. The second kappa shape index (κ2) is 7.60. The highest BCUT2D eigenvalue weighted by atomic mass is 32.2. The van der Waals surface area contributed by atoms with E-state index in [4.69, 9.17) is 4.74 Å². The van der Waals surface area contributed by atoms with Gasteiger partial charge < -0.3 is 9.64 Å². The highest BCUT2D eigenvalue weighted by Crippen LogP contribution is 2.07. The molecule has 1 aromatic rings. The van der Waals surface area contributed by atoms with Crippen LogP contribution in [0.15, 0.2) is 30.3 Å². The smallest absolute Gasteiger partial charge is 0.119 e. The fraction of sp³-hybridized carbons (Fsp3) is 0.500. The Balaban J connectivity index is 2.11. The molecule has 0 heterocycles. The van der Waals surface area contributed by atoms with Gasteiger partial charge in [-0.05, 0) is 25.4 Å². The molecule has 15 heavy (non-hydrogen) atoms. The van der Waals surface area contributed by atoms with Gasteiger partial charge in [0.2, 0.25) is 0 Å². The summed E-state index contributed by atoms with van der Waals surface area (Å²) in [5, 5.41) is 0. The molecule has 0 saturated carbocycles. The van der Waals surface area contributed by atoms with Gasteiger partial charge in [-0.15, -0.1) is 0 Å². The van der Waals surface area contributed by atoms with Gasteiger partial charge >= 0.3 is 0 Å². The van der Waals surface area contributed by atoms with Crippen LogP contribution in [0.25, 0.3) is 0 Å². The lowest BCUT2D eigenvalue weighted by Gasteiger charge is -2.16. The second-order valence-electron chi connectivity index (χ2n) is 3.46. The van der Waals surface area contributed by atoms with Gasteiger partial charge in [0.1, 0.15) is 12.4 Å². The van der Waals surface area contributed by atoms with Crippen molar-refractivity contribution in [3.63, 3.8) is 0 Å². The van der Waals surface area contributed by atoms with Gasteiger partial charge in [-0.1, -0.05) is 18.2 Å². The van der Waals surface area contributed by atoms with Crippen LogP contribution < -0.4 is 4.74 Å². The quantitative estimate of drug-likeness (QED) is 0.707. The molecule has 2 nitrogen and oxygen atoms in total. The van der Waals surface area contributed by atoms with E-state index in [2.05, 4.69) is 18.2 Å². The predicted octanol–water partition coefficient (Wildman–Crippen LogP) is 2.36. The third kappa shape index (κ3) is 5.70. The van der Waals surface area contributed by atoms with Gasteiger partial charge in [0.05, 0.1) is 0 Å². The zero-order valence-electron chi connectivity index (χ0n) is 9.48. The van der Waals surface area contributed by atoms with Crippen molar-refractivity contribution in [1.29, 1.82) is 0 Å². The third-order valence-electron chi connectivity index (χ3n) is 2.16. The number of benzene rings is 1. The number of hydrogen-bond acceptors (Lipinski definition) is 3. The summed E-state index contributed by atoms with van der Waals surface area (Å²) in [5.74, 6) is 2.14. The molecular weight excluding hydrogens is 206 g/mol. The largest absolute Gasteiger partial charge is 0.492 e. The summed E-state index contributed by atoms with van der Waals surface area (Å²) in [4.78, 5) is 2.29. The van der Waals surface area contributed by atoms with Crippen molar-refractivity contribution in [2.45, 2.75) is 0 Å². The monoisotopic (exact) mass is 225 g/mol. The van der Waals surface area contributed by atoms with Crippen molar-refractivity contribution in [3.05, 3.63) is 30.3 Å². The van der Waals surface area contributed by atoms with E-state index in [0.29, 0.717) is 0 Å². The lowest BCUT2D eigenvalue weighted by Crippen LogP contribution is -2.26. The molecule has 3 heteroatoms. The molecule has 0 aliphatic rings. The molecular formula is C12H19NOS. The topological polar surface area (TPSA) is 12.5 Å². The van der Waals surface area contributed by atoms with Crippen molar-refractivity contribution in [2.75, 3.05) is 38.8 Å². The first kappa shape index (κ1) is 12.4. The summed E-state index contributed by atoms with van der Waals surface area (Å²) in [6.45, 7) is 2.86.